The standard InChI is InChI=1S/C16H27N3O/c1-5-19(11-16(20)18-12(2)3)15(10-17)14-8-6-13(4)7-9-14/h6-9,12,15H,5,10-11,17H2,1-4H3,(H,18,20). The van der Waals surface area contributed by atoms with Crippen molar-refractivity contribution in [1.29, 1.82) is 0 Å². The fraction of sp³-hybridized carbons (Fsp3) is 0.562. The van der Waals surface area contributed by atoms with E-state index in [1.807, 2.05) is 13.8 Å². The average Bonchev–Trinajstić information content (AvgIpc) is 2.39. The zero-order chi connectivity index (χ0) is 15.1. The minimum Gasteiger partial charge on any atom is -0.353 e. The van der Waals surface area contributed by atoms with E-state index >= 15 is 0 Å². The van der Waals surface area contributed by atoms with Crippen molar-refractivity contribution in [3.05, 3.63) is 35.4 Å². The van der Waals surface area contributed by atoms with E-state index < -0.39 is 0 Å². The summed E-state index contributed by atoms with van der Waals surface area (Å²) >= 11 is 0. The van der Waals surface area contributed by atoms with Gasteiger partial charge in [-0.1, -0.05) is 36.8 Å². The first kappa shape index (κ1) is 16.7. The molecule has 1 aromatic carbocycles. The Morgan fingerprint density at radius 1 is 1.30 bits per heavy atom. The van der Waals surface area contributed by atoms with E-state index in [1.54, 1.807) is 0 Å². The summed E-state index contributed by atoms with van der Waals surface area (Å²) in [6.07, 6.45) is 0. The second-order valence-corrected chi connectivity index (χ2v) is 5.45. The van der Waals surface area contributed by atoms with Gasteiger partial charge in [0, 0.05) is 18.6 Å². The van der Waals surface area contributed by atoms with Crippen LogP contribution in [-0.2, 0) is 4.79 Å². The number of nitrogens with zero attached hydrogens (tertiary/aromatic N) is 1. The molecule has 0 saturated heterocycles. The van der Waals surface area contributed by atoms with E-state index in [0.717, 1.165) is 12.1 Å². The van der Waals surface area contributed by atoms with Crippen LogP contribution in [0.1, 0.15) is 37.9 Å². The minimum atomic E-state index is 0.0485. The Morgan fingerprint density at radius 3 is 2.35 bits per heavy atom. The number of nitrogens with two attached hydrogens (primary N) is 1. The fourth-order valence-corrected chi connectivity index (χ4v) is 2.28. The van der Waals surface area contributed by atoms with Crippen LogP contribution in [0.15, 0.2) is 24.3 Å². The Balaban J connectivity index is 2.79. The molecule has 1 rings (SSSR count). The van der Waals surface area contributed by atoms with E-state index in [4.69, 9.17) is 5.73 Å². The van der Waals surface area contributed by atoms with Gasteiger partial charge in [0.05, 0.1) is 6.54 Å². The van der Waals surface area contributed by atoms with Gasteiger partial charge in [-0.25, -0.2) is 0 Å². The molecule has 0 aliphatic carbocycles. The number of likely N-dealkylation sites (N-methyl/N-ethyl adjacent to an activating group) is 1. The number of hydrogen-bond donors (Lipinski definition) is 2. The summed E-state index contributed by atoms with van der Waals surface area (Å²) in [6, 6.07) is 8.60. The van der Waals surface area contributed by atoms with Crippen molar-refractivity contribution >= 4 is 5.91 Å². The van der Waals surface area contributed by atoms with Crippen LogP contribution in [0.3, 0.4) is 0 Å². The van der Waals surface area contributed by atoms with Crippen LogP contribution in [0.2, 0.25) is 0 Å². The Morgan fingerprint density at radius 2 is 1.90 bits per heavy atom. The van der Waals surface area contributed by atoms with Gasteiger partial charge >= 0.3 is 0 Å². The lowest BCUT2D eigenvalue weighted by Crippen LogP contribution is -2.43. The first-order valence-electron chi connectivity index (χ1n) is 7.28. The van der Waals surface area contributed by atoms with Gasteiger partial charge in [0.15, 0.2) is 0 Å². The van der Waals surface area contributed by atoms with E-state index in [0.29, 0.717) is 13.1 Å². The second kappa shape index (κ2) is 8.02. The summed E-state index contributed by atoms with van der Waals surface area (Å²) in [7, 11) is 0. The van der Waals surface area contributed by atoms with Gasteiger partial charge in [0.25, 0.3) is 0 Å². The molecular weight excluding hydrogens is 250 g/mol. The van der Waals surface area contributed by atoms with Crippen LogP contribution in [0, 0.1) is 6.92 Å². The smallest absolute Gasteiger partial charge is 0.234 e. The molecule has 0 radical (unpaired) electrons. The van der Waals surface area contributed by atoms with Crippen molar-refractivity contribution in [2.45, 2.75) is 39.8 Å². The molecule has 0 aromatic heterocycles. The minimum absolute atomic E-state index is 0.0485. The zero-order valence-corrected chi connectivity index (χ0v) is 13.0. The molecule has 1 amide bonds. The normalized spacial score (nSPS) is 12.8. The van der Waals surface area contributed by atoms with Gasteiger partial charge in [0.1, 0.15) is 0 Å². The number of benzene rings is 1. The maximum atomic E-state index is 11.9. The van der Waals surface area contributed by atoms with E-state index in [1.165, 1.54) is 5.56 Å². The molecule has 0 aliphatic rings. The van der Waals surface area contributed by atoms with Crippen molar-refractivity contribution in [2.75, 3.05) is 19.6 Å². The lowest BCUT2D eigenvalue weighted by molar-refractivity contribution is -0.123. The Kier molecular flexibility index (Phi) is 6.68. The van der Waals surface area contributed by atoms with Gasteiger partial charge in [-0.2, -0.15) is 0 Å². The van der Waals surface area contributed by atoms with Crippen LogP contribution in [0.4, 0.5) is 0 Å². The monoisotopic (exact) mass is 277 g/mol. The average molecular weight is 277 g/mol. The lowest BCUT2D eigenvalue weighted by atomic mass is 10.0. The van der Waals surface area contributed by atoms with Crippen LogP contribution < -0.4 is 11.1 Å². The number of carbonyl (C=O) groups excluding carboxylic acids is 1. The van der Waals surface area contributed by atoms with E-state index in [9.17, 15) is 4.79 Å². The molecule has 20 heavy (non-hydrogen) atoms. The highest BCUT2D eigenvalue weighted by molar-refractivity contribution is 5.78. The highest BCUT2D eigenvalue weighted by atomic mass is 16.2. The number of carbonyl (C=O) groups is 1. The number of amides is 1. The summed E-state index contributed by atoms with van der Waals surface area (Å²) in [5.41, 5.74) is 8.31. The molecule has 0 saturated carbocycles. The molecule has 0 bridgehead atoms. The van der Waals surface area contributed by atoms with Gasteiger partial charge in [0.2, 0.25) is 5.91 Å². The van der Waals surface area contributed by atoms with Crippen LogP contribution >= 0.6 is 0 Å². The first-order valence-corrected chi connectivity index (χ1v) is 7.28. The molecular formula is C16H27N3O. The third-order valence-electron chi connectivity index (χ3n) is 3.33. The predicted molar refractivity (Wildman–Crippen MR) is 83.5 cm³/mol. The third-order valence-corrected chi connectivity index (χ3v) is 3.33. The predicted octanol–water partition coefficient (Wildman–Crippen LogP) is 1.84. The van der Waals surface area contributed by atoms with Crippen molar-refractivity contribution < 1.29 is 4.79 Å². The van der Waals surface area contributed by atoms with Crippen LogP contribution in [0.25, 0.3) is 0 Å². The first-order chi connectivity index (χ1) is 9.47. The molecule has 3 N–H and O–H groups in total. The topological polar surface area (TPSA) is 58.4 Å². The van der Waals surface area contributed by atoms with Gasteiger partial charge < -0.3 is 11.1 Å². The molecule has 112 valence electrons. The van der Waals surface area contributed by atoms with Gasteiger partial charge in [-0.15, -0.1) is 0 Å². The number of hydrogen-bond acceptors (Lipinski definition) is 3. The molecule has 0 fully saturated rings. The summed E-state index contributed by atoms with van der Waals surface area (Å²) < 4.78 is 0. The number of aryl methyl sites for hydroxylation is 1. The molecule has 1 aromatic rings. The Labute approximate surface area is 122 Å². The van der Waals surface area contributed by atoms with Crippen molar-refractivity contribution in [1.82, 2.24) is 10.2 Å². The quantitative estimate of drug-likeness (QED) is 0.799. The Hall–Kier alpha value is -1.39. The van der Waals surface area contributed by atoms with Crippen molar-refractivity contribution in [2.24, 2.45) is 5.73 Å². The van der Waals surface area contributed by atoms with Crippen molar-refractivity contribution in [3.8, 4) is 0 Å². The number of rotatable bonds is 7. The van der Waals surface area contributed by atoms with E-state index in [2.05, 4.69) is 48.3 Å². The SMILES string of the molecule is CCN(CC(=O)NC(C)C)C(CN)c1ccc(C)cc1. The Bertz CT molecular complexity index is 414. The molecule has 0 spiro atoms. The summed E-state index contributed by atoms with van der Waals surface area (Å²) in [5.74, 6) is 0.0485. The maximum Gasteiger partial charge on any atom is 0.234 e. The van der Waals surface area contributed by atoms with E-state index in [-0.39, 0.29) is 18.0 Å². The number of nitrogens with one attached hydrogen (secondary N) is 1. The molecule has 0 aliphatic heterocycles. The van der Waals surface area contributed by atoms with Crippen LogP contribution in [0.5, 0.6) is 0 Å². The molecule has 1 unspecified atom stereocenters. The van der Waals surface area contributed by atoms with Gasteiger partial charge in [-0.3, -0.25) is 9.69 Å². The third kappa shape index (κ3) is 4.94. The molecule has 4 heteroatoms. The van der Waals surface area contributed by atoms with Crippen LogP contribution in [-0.4, -0.2) is 36.5 Å². The summed E-state index contributed by atoms with van der Waals surface area (Å²) in [4.78, 5) is 14.0. The lowest BCUT2D eigenvalue weighted by Gasteiger charge is -2.30. The van der Waals surface area contributed by atoms with Gasteiger partial charge in [-0.05, 0) is 32.9 Å². The summed E-state index contributed by atoms with van der Waals surface area (Å²) in [6.45, 7) is 9.73. The molecule has 1 atom stereocenters. The zero-order valence-electron chi connectivity index (χ0n) is 13.0. The molecule has 0 heterocycles. The maximum absolute atomic E-state index is 11.9. The fourth-order valence-electron chi connectivity index (χ4n) is 2.28. The molecule has 4 nitrogen and oxygen atoms in total. The summed E-state index contributed by atoms with van der Waals surface area (Å²) in [5, 5.41) is 2.93. The second-order valence-electron chi connectivity index (χ2n) is 5.45. The largest absolute Gasteiger partial charge is 0.353 e. The highest BCUT2D eigenvalue weighted by Crippen LogP contribution is 2.19. The van der Waals surface area contributed by atoms with Crippen molar-refractivity contribution in [3.63, 3.8) is 0 Å². The highest BCUT2D eigenvalue weighted by Gasteiger charge is 2.20.